The summed E-state index contributed by atoms with van der Waals surface area (Å²) < 4.78 is 107. The molecule has 0 spiro atoms. The first-order chi connectivity index (χ1) is 38.8. The van der Waals surface area contributed by atoms with Gasteiger partial charge in [-0.25, -0.2) is 25.6 Å². The molecule has 0 atom stereocenters. The Kier molecular flexibility index (Phi) is 18.4. The topological polar surface area (TPSA) is 358 Å². The molecule has 8 aromatic rings. The van der Waals surface area contributed by atoms with Crippen LogP contribution in [0.5, 0.6) is 46.0 Å². The van der Waals surface area contributed by atoms with Crippen LogP contribution < -0.4 is 39.9 Å². The van der Waals surface area contributed by atoms with E-state index in [1.807, 2.05) is 0 Å². The molecule has 0 saturated carbocycles. The Morgan fingerprint density at radius 3 is 0.890 bits per heavy atom. The molecule has 0 radical (unpaired) electrons. The van der Waals surface area contributed by atoms with Gasteiger partial charge < -0.3 is 30.4 Å². The van der Waals surface area contributed by atoms with Gasteiger partial charge in [0.1, 0.15) is 69.3 Å². The van der Waals surface area contributed by atoms with Gasteiger partial charge in [0.15, 0.2) is 11.7 Å². The van der Waals surface area contributed by atoms with Gasteiger partial charge in [0.05, 0.1) is 21.2 Å². The number of carbonyl (C=O) groups excluding carboxylic acids is 2. The number of nitrogens with one attached hydrogen (secondary N) is 6. The molecule has 0 aliphatic carbocycles. The highest BCUT2D eigenvalue weighted by Gasteiger charge is 2.20. The van der Waals surface area contributed by atoms with Gasteiger partial charge in [-0.15, -0.1) is 0 Å². The fourth-order valence-corrected chi connectivity index (χ4v) is 9.10. The SMILES string of the molecule is CC(=O)N(O)C(=N)c1ccc(Oc2cc(NS(=O)(=O)c3ccc(F)cc3)cc(Oc3ccc(C(=N)N(O)C(C)=O)cc3)c2)cc1.N=C(N)c1ccc(Oc2cc(NS(=O)(=O)c3ccc(F)cc3)cc(Oc3ccc(C(=N)N)cc3)c2)cc1. The first-order valence-corrected chi connectivity index (χ1v) is 26.6. The number of rotatable bonds is 18. The monoisotopic (exact) mass is 1150 g/mol. The molecule has 0 bridgehead atoms. The molecule has 82 heavy (non-hydrogen) atoms. The summed E-state index contributed by atoms with van der Waals surface area (Å²) in [6.07, 6.45) is 0. The van der Waals surface area contributed by atoms with Crippen molar-refractivity contribution in [1.29, 1.82) is 21.6 Å². The van der Waals surface area contributed by atoms with Gasteiger partial charge in [-0.2, -0.15) is 10.1 Å². The van der Waals surface area contributed by atoms with E-state index in [1.54, 1.807) is 54.6 Å². The van der Waals surface area contributed by atoms with E-state index < -0.39 is 55.2 Å². The molecule has 0 unspecified atom stereocenters. The van der Waals surface area contributed by atoms with E-state index in [0.717, 1.165) is 62.4 Å². The Morgan fingerprint density at radius 1 is 0.415 bits per heavy atom. The maximum absolute atomic E-state index is 13.4. The summed E-state index contributed by atoms with van der Waals surface area (Å²) in [5.74, 6) is -1.63. The molecule has 26 heteroatoms. The van der Waals surface area contributed by atoms with Crippen molar-refractivity contribution < 1.29 is 64.6 Å². The molecular weight excluding hydrogens is 1110 g/mol. The number of benzene rings is 8. The van der Waals surface area contributed by atoms with Crippen LogP contribution >= 0.6 is 0 Å². The lowest BCUT2D eigenvalue weighted by molar-refractivity contribution is -0.147. The van der Waals surface area contributed by atoms with E-state index in [-0.39, 0.29) is 88.6 Å². The maximum Gasteiger partial charge on any atom is 0.261 e. The Morgan fingerprint density at radius 2 is 0.659 bits per heavy atom. The quantitative estimate of drug-likeness (QED) is 0.0165. The number of halogens is 2. The minimum atomic E-state index is -4.16. The van der Waals surface area contributed by atoms with Crippen LogP contribution in [0.15, 0.2) is 192 Å². The molecule has 2 amide bonds. The number of hydrogen-bond acceptors (Lipinski definition) is 16. The Bertz CT molecular complexity index is 3760. The summed E-state index contributed by atoms with van der Waals surface area (Å²) >= 11 is 0. The van der Waals surface area contributed by atoms with Crippen molar-refractivity contribution >= 4 is 66.6 Å². The molecule has 0 aliphatic rings. The summed E-state index contributed by atoms with van der Waals surface area (Å²) in [4.78, 5) is 22.4. The van der Waals surface area contributed by atoms with Gasteiger partial charge in [-0.3, -0.25) is 51.1 Å². The number of hydrogen-bond donors (Lipinski definition) is 10. The van der Waals surface area contributed by atoms with Gasteiger partial charge in [-0.05, 0) is 146 Å². The second-order valence-electron chi connectivity index (χ2n) is 17.2. The van der Waals surface area contributed by atoms with Gasteiger partial charge >= 0.3 is 0 Å². The number of nitrogens with zero attached hydrogens (tertiary/aromatic N) is 2. The molecule has 0 heterocycles. The summed E-state index contributed by atoms with van der Waals surface area (Å²) in [6.45, 7) is 2.19. The van der Waals surface area contributed by atoms with Crippen LogP contribution in [0.2, 0.25) is 0 Å². The average Bonchev–Trinajstić information content (AvgIpc) is 3.59. The van der Waals surface area contributed by atoms with E-state index in [4.69, 9.17) is 52.1 Å². The third-order valence-corrected chi connectivity index (χ3v) is 13.9. The number of sulfonamides is 2. The average molecular weight is 1160 g/mol. The van der Waals surface area contributed by atoms with Gasteiger partial charge in [0.2, 0.25) is 11.8 Å². The first-order valence-electron chi connectivity index (χ1n) is 23.7. The third kappa shape index (κ3) is 15.8. The molecule has 12 N–H and O–H groups in total. The van der Waals surface area contributed by atoms with E-state index in [9.17, 15) is 45.6 Å². The van der Waals surface area contributed by atoms with E-state index in [1.165, 1.54) is 78.9 Å². The van der Waals surface area contributed by atoms with Crippen molar-refractivity contribution in [3.05, 3.63) is 216 Å². The minimum Gasteiger partial charge on any atom is -0.457 e. The predicted molar refractivity (Wildman–Crippen MR) is 298 cm³/mol. The number of nitrogens with two attached hydrogens (primary N) is 2. The smallest absolute Gasteiger partial charge is 0.261 e. The van der Waals surface area contributed by atoms with Crippen molar-refractivity contribution in [2.75, 3.05) is 9.44 Å². The molecule has 420 valence electrons. The second kappa shape index (κ2) is 25.5. The zero-order valence-electron chi connectivity index (χ0n) is 42.9. The Balaban J connectivity index is 0.000000240. The van der Waals surface area contributed by atoms with Gasteiger partial charge in [-0.1, -0.05) is 0 Å². The summed E-state index contributed by atoms with van der Waals surface area (Å²) in [5, 5.41) is 50.7. The number of hydroxylamine groups is 4. The number of amides is 2. The van der Waals surface area contributed by atoms with Gasteiger partial charge in [0, 0.05) is 72.5 Å². The van der Waals surface area contributed by atoms with E-state index in [2.05, 4.69) is 9.44 Å². The highest BCUT2D eigenvalue weighted by atomic mass is 32.2. The van der Waals surface area contributed by atoms with Crippen molar-refractivity contribution in [3.8, 4) is 46.0 Å². The van der Waals surface area contributed by atoms with E-state index in [0.29, 0.717) is 22.6 Å². The predicted octanol–water partition coefficient (Wildman–Crippen LogP) is 10.1. The molecule has 0 aromatic heterocycles. The number of ether oxygens (including phenoxy) is 4. The van der Waals surface area contributed by atoms with Crippen LogP contribution in [0.3, 0.4) is 0 Å². The third-order valence-electron chi connectivity index (χ3n) is 11.1. The lowest BCUT2D eigenvalue weighted by Gasteiger charge is -2.16. The lowest BCUT2D eigenvalue weighted by atomic mass is 10.2. The highest BCUT2D eigenvalue weighted by molar-refractivity contribution is 7.93. The fourth-order valence-electron chi connectivity index (χ4n) is 7.02. The van der Waals surface area contributed by atoms with Crippen LogP contribution in [0.25, 0.3) is 0 Å². The van der Waals surface area contributed by atoms with Crippen molar-refractivity contribution in [2.45, 2.75) is 23.6 Å². The molecular formula is C56H48F2N10O12S2. The van der Waals surface area contributed by atoms with Crippen molar-refractivity contribution in [2.24, 2.45) is 11.5 Å². The molecule has 0 saturated heterocycles. The van der Waals surface area contributed by atoms with Crippen LogP contribution in [0.1, 0.15) is 36.1 Å². The summed E-state index contributed by atoms with van der Waals surface area (Å²) in [7, 11) is -8.20. The summed E-state index contributed by atoms with van der Waals surface area (Å²) in [6, 6.07) is 41.9. The number of carbonyl (C=O) groups is 2. The molecule has 0 fully saturated rings. The van der Waals surface area contributed by atoms with Crippen LogP contribution in [-0.4, -0.2) is 72.5 Å². The van der Waals surface area contributed by atoms with Crippen LogP contribution in [0.4, 0.5) is 20.2 Å². The molecule has 8 aromatic carbocycles. The number of nitrogen functional groups attached to an aromatic ring is 2. The van der Waals surface area contributed by atoms with Gasteiger partial charge in [0.25, 0.3) is 20.0 Å². The maximum atomic E-state index is 13.4. The Labute approximate surface area is 467 Å². The number of amidine groups is 4. The molecule has 0 aliphatic heterocycles. The minimum absolute atomic E-state index is 0.0263. The Hall–Kier alpha value is -10.5. The zero-order valence-corrected chi connectivity index (χ0v) is 44.6. The van der Waals surface area contributed by atoms with Crippen LogP contribution in [-0.2, 0) is 29.6 Å². The number of anilines is 2. The van der Waals surface area contributed by atoms with E-state index >= 15 is 0 Å². The summed E-state index contributed by atoms with van der Waals surface area (Å²) in [5.41, 5.74) is 12.6. The molecule has 8 rings (SSSR count). The zero-order chi connectivity index (χ0) is 59.5. The second-order valence-corrected chi connectivity index (χ2v) is 20.6. The first kappa shape index (κ1) is 59.1. The fraction of sp³-hybridized carbons (Fsp3) is 0.0357. The van der Waals surface area contributed by atoms with Crippen molar-refractivity contribution in [1.82, 2.24) is 10.1 Å². The van der Waals surface area contributed by atoms with Crippen molar-refractivity contribution in [3.63, 3.8) is 0 Å². The lowest BCUT2D eigenvalue weighted by Crippen LogP contribution is -2.31. The molecule has 22 nitrogen and oxygen atoms in total. The standard InChI is InChI=1S/C30H26FN5O8S.C26H22FN5O4S/c1-18(37)35(39)29(32)20-3-9-24(10-4-20)43-26-15-23(34-45(41,42)28-13-7-22(31)8-14-28)16-27(17-26)44-25-11-5-21(6-12-25)30(33)36(40)19(2)38;27-18-5-11-24(12-6-18)37(33,34)32-19-13-22(35-20-7-1-16(2-8-20)25(28)29)15-23(14-19)36-21-9-3-17(4-10-21)26(30)31/h3-17,32-34,39-40H,1-2H3;1-15,32H,(H3,28,29)(H3,30,31). The normalized spacial score (nSPS) is 10.9. The largest absolute Gasteiger partial charge is 0.457 e. The van der Waals surface area contributed by atoms with Crippen LogP contribution in [0, 0.1) is 33.3 Å². The highest BCUT2D eigenvalue weighted by Crippen LogP contribution is 2.36.